The molecule has 0 bridgehead atoms. The molecule has 0 amide bonds. The van der Waals surface area contributed by atoms with Gasteiger partial charge in [-0.25, -0.2) is 0 Å². The van der Waals surface area contributed by atoms with Crippen LogP contribution in [0.1, 0.15) is 37.4 Å². The van der Waals surface area contributed by atoms with Crippen LogP contribution in [-0.4, -0.2) is 35.1 Å². The van der Waals surface area contributed by atoms with Crippen molar-refractivity contribution in [2.24, 2.45) is 0 Å². The maximum absolute atomic E-state index is 11.5. The predicted octanol–water partition coefficient (Wildman–Crippen LogP) is 4.79. The molecule has 0 aromatic heterocycles. The monoisotopic (exact) mass is 373 g/mol. The van der Waals surface area contributed by atoms with Gasteiger partial charge >= 0.3 is 5.97 Å². The topological polar surface area (TPSA) is 49.8 Å². The van der Waals surface area contributed by atoms with Crippen LogP contribution in [0.3, 0.4) is 0 Å². The van der Waals surface area contributed by atoms with E-state index in [0.717, 1.165) is 43.5 Å². The van der Waals surface area contributed by atoms with E-state index in [0.29, 0.717) is 11.6 Å². The van der Waals surface area contributed by atoms with E-state index in [2.05, 4.69) is 4.90 Å². The number of rotatable bonds is 7. The molecule has 1 heterocycles. The SMILES string of the molecule is O=C(O)C1CCCCN1CCC(Oc1ccc(Cl)cc1)c1ccccc1. The van der Waals surface area contributed by atoms with Crippen molar-refractivity contribution in [3.8, 4) is 5.75 Å². The van der Waals surface area contributed by atoms with Gasteiger partial charge in [-0.05, 0) is 49.2 Å². The molecule has 1 N–H and O–H groups in total. The van der Waals surface area contributed by atoms with Crippen molar-refractivity contribution in [1.29, 1.82) is 0 Å². The smallest absolute Gasteiger partial charge is 0.320 e. The van der Waals surface area contributed by atoms with E-state index < -0.39 is 5.97 Å². The first-order chi connectivity index (χ1) is 12.6. The largest absolute Gasteiger partial charge is 0.486 e. The normalized spacial score (nSPS) is 19.0. The zero-order valence-corrected chi connectivity index (χ0v) is 15.4. The number of nitrogens with zero attached hydrogens (tertiary/aromatic N) is 1. The molecule has 1 fully saturated rings. The summed E-state index contributed by atoms with van der Waals surface area (Å²) in [5.74, 6) is 0.0382. The van der Waals surface area contributed by atoms with E-state index in [4.69, 9.17) is 16.3 Å². The van der Waals surface area contributed by atoms with Gasteiger partial charge in [-0.2, -0.15) is 0 Å². The maximum Gasteiger partial charge on any atom is 0.320 e. The Morgan fingerprint density at radius 1 is 1.15 bits per heavy atom. The summed E-state index contributed by atoms with van der Waals surface area (Å²) in [6, 6.07) is 17.0. The Hall–Kier alpha value is -2.04. The molecule has 0 saturated carbocycles. The van der Waals surface area contributed by atoms with E-state index in [9.17, 15) is 9.90 Å². The molecule has 4 nitrogen and oxygen atoms in total. The number of carboxylic acids is 1. The Balaban J connectivity index is 1.71. The van der Waals surface area contributed by atoms with Crippen LogP contribution in [0.2, 0.25) is 5.02 Å². The van der Waals surface area contributed by atoms with Crippen LogP contribution in [0.15, 0.2) is 54.6 Å². The summed E-state index contributed by atoms with van der Waals surface area (Å²) in [5, 5.41) is 10.1. The molecule has 1 aliphatic heterocycles. The molecule has 138 valence electrons. The van der Waals surface area contributed by atoms with E-state index in [1.165, 1.54) is 0 Å². The number of carbonyl (C=O) groups is 1. The highest BCUT2D eigenvalue weighted by Gasteiger charge is 2.29. The minimum Gasteiger partial charge on any atom is -0.486 e. The number of carboxylic acid groups (broad SMARTS) is 1. The van der Waals surface area contributed by atoms with Crippen molar-refractivity contribution in [2.45, 2.75) is 37.8 Å². The lowest BCUT2D eigenvalue weighted by Crippen LogP contribution is -2.45. The quantitative estimate of drug-likeness (QED) is 0.758. The number of piperidine rings is 1. The Morgan fingerprint density at radius 3 is 2.58 bits per heavy atom. The van der Waals surface area contributed by atoms with Gasteiger partial charge in [0, 0.05) is 18.0 Å². The van der Waals surface area contributed by atoms with Crippen molar-refractivity contribution in [2.75, 3.05) is 13.1 Å². The summed E-state index contributed by atoms with van der Waals surface area (Å²) in [6.07, 6.45) is 3.36. The van der Waals surface area contributed by atoms with E-state index in [1.54, 1.807) is 0 Å². The van der Waals surface area contributed by atoms with Gasteiger partial charge in [0.2, 0.25) is 0 Å². The Bertz CT molecular complexity index is 705. The van der Waals surface area contributed by atoms with Crippen molar-refractivity contribution in [3.63, 3.8) is 0 Å². The molecule has 26 heavy (non-hydrogen) atoms. The number of ether oxygens (including phenoxy) is 1. The van der Waals surface area contributed by atoms with Crippen LogP contribution in [-0.2, 0) is 4.79 Å². The maximum atomic E-state index is 11.5. The first-order valence-corrected chi connectivity index (χ1v) is 9.45. The summed E-state index contributed by atoms with van der Waals surface area (Å²) < 4.78 is 6.21. The molecular weight excluding hydrogens is 350 g/mol. The Kier molecular flexibility index (Phi) is 6.53. The number of hydrogen-bond donors (Lipinski definition) is 1. The number of likely N-dealkylation sites (tertiary alicyclic amines) is 1. The summed E-state index contributed by atoms with van der Waals surface area (Å²) in [7, 11) is 0. The first-order valence-electron chi connectivity index (χ1n) is 9.07. The molecular formula is C21H24ClNO3. The summed E-state index contributed by atoms with van der Waals surface area (Å²) >= 11 is 5.96. The molecule has 2 atom stereocenters. The van der Waals surface area contributed by atoms with Crippen molar-refractivity contribution in [1.82, 2.24) is 4.90 Å². The first kappa shape index (κ1) is 18.7. The average molecular weight is 374 g/mol. The average Bonchev–Trinajstić information content (AvgIpc) is 2.67. The summed E-state index contributed by atoms with van der Waals surface area (Å²) in [6.45, 7) is 1.53. The molecule has 3 rings (SSSR count). The lowest BCUT2D eigenvalue weighted by Gasteiger charge is -2.34. The van der Waals surface area contributed by atoms with Gasteiger partial charge in [0.05, 0.1) is 0 Å². The molecule has 2 aromatic rings. The van der Waals surface area contributed by atoms with Gasteiger partial charge in [-0.15, -0.1) is 0 Å². The number of hydrogen-bond acceptors (Lipinski definition) is 3. The van der Waals surface area contributed by atoms with Gasteiger partial charge in [-0.1, -0.05) is 48.4 Å². The van der Waals surface area contributed by atoms with Gasteiger partial charge < -0.3 is 9.84 Å². The van der Waals surface area contributed by atoms with Crippen LogP contribution in [0.5, 0.6) is 5.75 Å². The Labute approximate surface area is 159 Å². The second kappa shape index (κ2) is 9.06. The number of aliphatic carboxylic acids is 1. The molecule has 2 unspecified atom stereocenters. The molecule has 2 aromatic carbocycles. The fourth-order valence-corrected chi connectivity index (χ4v) is 3.59. The molecule has 5 heteroatoms. The highest BCUT2D eigenvalue weighted by atomic mass is 35.5. The van der Waals surface area contributed by atoms with Crippen molar-refractivity contribution < 1.29 is 14.6 Å². The predicted molar refractivity (Wildman–Crippen MR) is 103 cm³/mol. The third-order valence-corrected chi connectivity index (χ3v) is 5.09. The van der Waals surface area contributed by atoms with Gasteiger partial charge in [-0.3, -0.25) is 9.69 Å². The fraction of sp³-hybridized carbons (Fsp3) is 0.381. The summed E-state index contributed by atoms with van der Waals surface area (Å²) in [5.41, 5.74) is 1.09. The molecule has 1 saturated heterocycles. The standard InChI is InChI=1S/C21H24ClNO3/c22-17-9-11-18(12-10-17)26-20(16-6-2-1-3-7-16)13-15-23-14-5-4-8-19(23)21(24)25/h1-3,6-7,9-12,19-20H,4-5,8,13-15H2,(H,24,25). The van der Waals surface area contributed by atoms with Gasteiger partial charge in [0.1, 0.15) is 17.9 Å². The lowest BCUT2D eigenvalue weighted by atomic mass is 10.0. The zero-order chi connectivity index (χ0) is 18.4. The number of halogens is 1. The van der Waals surface area contributed by atoms with E-state index >= 15 is 0 Å². The zero-order valence-electron chi connectivity index (χ0n) is 14.7. The van der Waals surface area contributed by atoms with E-state index in [-0.39, 0.29) is 12.1 Å². The highest BCUT2D eigenvalue weighted by molar-refractivity contribution is 6.30. The second-order valence-corrected chi connectivity index (χ2v) is 7.08. The van der Waals surface area contributed by atoms with E-state index in [1.807, 2.05) is 54.6 Å². The number of benzene rings is 2. The van der Waals surface area contributed by atoms with Crippen LogP contribution >= 0.6 is 11.6 Å². The minimum atomic E-state index is -0.723. The van der Waals surface area contributed by atoms with Crippen LogP contribution in [0.4, 0.5) is 0 Å². The molecule has 1 aliphatic rings. The fourth-order valence-electron chi connectivity index (χ4n) is 3.46. The molecule has 0 aliphatic carbocycles. The molecule has 0 spiro atoms. The second-order valence-electron chi connectivity index (χ2n) is 6.65. The minimum absolute atomic E-state index is 0.131. The third-order valence-electron chi connectivity index (χ3n) is 4.84. The van der Waals surface area contributed by atoms with Crippen molar-refractivity contribution >= 4 is 17.6 Å². The Morgan fingerprint density at radius 2 is 1.88 bits per heavy atom. The molecule has 0 radical (unpaired) electrons. The lowest BCUT2D eigenvalue weighted by molar-refractivity contribution is -0.144. The van der Waals surface area contributed by atoms with Gasteiger partial charge in [0.15, 0.2) is 0 Å². The van der Waals surface area contributed by atoms with Gasteiger partial charge in [0.25, 0.3) is 0 Å². The highest BCUT2D eigenvalue weighted by Crippen LogP contribution is 2.27. The van der Waals surface area contributed by atoms with Crippen LogP contribution in [0, 0.1) is 0 Å². The van der Waals surface area contributed by atoms with Crippen molar-refractivity contribution in [3.05, 3.63) is 65.2 Å². The van der Waals surface area contributed by atoms with Crippen LogP contribution in [0.25, 0.3) is 0 Å². The summed E-state index contributed by atoms with van der Waals surface area (Å²) in [4.78, 5) is 13.6. The van der Waals surface area contributed by atoms with Crippen LogP contribution < -0.4 is 4.74 Å². The third kappa shape index (κ3) is 4.99.